The predicted octanol–water partition coefficient (Wildman–Crippen LogP) is 6.31. The molecule has 0 aliphatic carbocycles. The van der Waals surface area contributed by atoms with Crippen LogP contribution in [0.3, 0.4) is 0 Å². The maximum absolute atomic E-state index is 13.0. The molecule has 0 unspecified atom stereocenters. The number of anilines is 1. The van der Waals surface area contributed by atoms with Crippen LogP contribution in [0.1, 0.15) is 5.56 Å². The molecule has 13 heteroatoms. The first-order valence-corrected chi connectivity index (χ1v) is 12.3. The Morgan fingerprint density at radius 2 is 1.75 bits per heavy atom. The van der Waals surface area contributed by atoms with Crippen molar-refractivity contribution in [3.8, 4) is 17.2 Å². The van der Waals surface area contributed by atoms with Crippen molar-refractivity contribution in [3.63, 3.8) is 0 Å². The van der Waals surface area contributed by atoms with Crippen molar-refractivity contribution >= 4 is 79.9 Å². The molecular weight excluding hydrogens is 621 g/mol. The fourth-order valence-corrected chi connectivity index (χ4v) is 5.33. The number of para-hydroxylation sites is 1. The smallest absolute Gasteiger partial charge is 0.318 e. The Morgan fingerprint density at radius 1 is 1.03 bits per heavy atom. The van der Waals surface area contributed by atoms with Crippen molar-refractivity contribution in [2.75, 3.05) is 12.0 Å². The van der Waals surface area contributed by atoms with Gasteiger partial charge in [0.15, 0.2) is 15.8 Å². The summed E-state index contributed by atoms with van der Waals surface area (Å²) < 4.78 is 12.2. The zero-order valence-electron chi connectivity index (χ0n) is 18.2. The van der Waals surface area contributed by atoms with Gasteiger partial charge in [-0.1, -0.05) is 42.2 Å². The fourth-order valence-electron chi connectivity index (χ4n) is 3.30. The number of methoxy groups -OCH3 is 1. The normalized spacial score (nSPS) is 14.3. The number of ether oxygens (including phenoxy) is 2. The average molecular weight is 635 g/mol. The summed E-state index contributed by atoms with van der Waals surface area (Å²) in [4.78, 5) is 35.9. The van der Waals surface area contributed by atoms with Gasteiger partial charge in [0.05, 0.1) is 37.2 Å². The monoisotopic (exact) mass is 635 g/mol. The summed E-state index contributed by atoms with van der Waals surface area (Å²) in [6, 6.07) is 15.5. The zero-order chi connectivity index (χ0) is 26.0. The van der Waals surface area contributed by atoms with Gasteiger partial charge in [0.25, 0.3) is 11.6 Å². The first-order chi connectivity index (χ1) is 17.2. The van der Waals surface area contributed by atoms with Crippen LogP contribution >= 0.6 is 46.6 Å². The van der Waals surface area contributed by atoms with Crippen LogP contribution in [0.2, 0.25) is 0 Å². The van der Waals surface area contributed by atoms with Crippen LogP contribution in [0.5, 0.6) is 17.2 Å². The van der Waals surface area contributed by atoms with Gasteiger partial charge < -0.3 is 9.47 Å². The molecule has 0 aromatic heterocycles. The summed E-state index contributed by atoms with van der Waals surface area (Å²) in [7, 11) is 1.40. The number of amides is 1. The molecule has 1 heterocycles. The lowest BCUT2D eigenvalue weighted by molar-refractivity contribution is -0.394. The number of hydrogen-bond donors (Lipinski definition) is 0. The Hall–Kier alpha value is -3.56. The van der Waals surface area contributed by atoms with Crippen LogP contribution in [0.4, 0.5) is 17.1 Å². The molecule has 36 heavy (non-hydrogen) atoms. The number of carbonyl (C=O) groups excluding carboxylic acids is 1. The van der Waals surface area contributed by atoms with Gasteiger partial charge in [-0.15, -0.1) is 0 Å². The Morgan fingerprint density at radius 3 is 2.39 bits per heavy atom. The van der Waals surface area contributed by atoms with Crippen LogP contribution in [0, 0.1) is 23.8 Å². The van der Waals surface area contributed by atoms with E-state index in [0.717, 1.165) is 18.2 Å². The molecule has 0 spiro atoms. The number of halogens is 1. The summed E-state index contributed by atoms with van der Waals surface area (Å²) in [6.07, 6.45) is 1.67. The molecule has 1 amide bonds. The van der Waals surface area contributed by atoms with Gasteiger partial charge in [0, 0.05) is 6.07 Å². The quantitative estimate of drug-likeness (QED) is 0.0965. The van der Waals surface area contributed by atoms with Gasteiger partial charge >= 0.3 is 5.69 Å². The van der Waals surface area contributed by atoms with Crippen molar-refractivity contribution in [2.45, 2.75) is 0 Å². The van der Waals surface area contributed by atoms with Crippen molar-refractivity contribution in [1.82, 2.24) is 0 Å². The van der Waals surface area contributed by atoms with Crippen molar-refractivity contribution in [2.24, 2.45) is 0 Å². The van der Waals surface area contributed by atoms with Crippen LogP contribution < -0.4 is 14.4 Å². The molecule has 0 radical (unpaired) electrons. The minimum atomic E-state index is -0.759. The molecule has 10 nitrogen and oxygen atoms in total. The zero-order valence-corrected chi connectivity index (χ0v) is 22.0. The number of thiocarbonyl (C=S) groups is 1. The third-order valence-electron chi connectivity index (χ3n) is 4.92. The van der Waals surface area contributed by atoms with Gasteiger partial charge in [0.1, 0.15) is 0 Å². The second-order valence-corrected chi connectivity index (χ2v) is 9.99. The van der Waals surface area contributed by atoms with E-state index in [0.29, 0.717) is 24.0 Å². The van der Waals surface area contributed by atoms with Crippen LogP contribution in [-0.2, 0) is 4.79 Å². The molecule has 1 aliphatic rings. The van der Waals surface area contributed by atoms with E-state index in [4.69, 9.17) is 21.7 Å². The van der Waals surface area contributed by atoms with E-state index in [1.807, 2.05) is 40.8 Å². The van der Waals surface area contributed by atoms with E-state index in [1.54, 1.807) is 30.3 Å². The van der Waals surface area contributed by atoms with E-state index in [-0.39, 0.29) is 23.2 Å². The van der Waals surface area contributed by atoms with Gasteiger partial charge in [-0.3, -0.25) is 29.9 Å². The summed E-state index contributed by atoms with van der Waals surface area (Å²) >= 11 is 8.55. The highest BCUT2D eigenvalue weighted by atomic mass is 127. The number of nitro benzene ring substituents is 2. The Bertz CT molecular complexity index is 1450. The molecule has 0 bridgehead atoms. The van der Waals surface area contributed by atoms with Crippen LogP contribution in [-0.4, -0.2) is 27.2 Å². The summed E-state index contributed by atoms with van der Waals surface area (Å²) in [5.41, 5.74) is 0.300. The van der Waals surface area contributed by atoms with Crippen molar-refractivity contribution in [1.29, 1.82) is 0 Å². The first kappa shape index (κ1) is 25.5. The lowest BCUT2D eigenvalue weighted by Gasteiger charge is -2.14. The summed E-state index contributed by atoms with van der Waals surface area (Å²) in [5.74, 6) is -0.00585. The highest BCUT2D eigenvalue weighted by molar-refractivity contribution is 14.1. The van der Waals surface area contributed by atoms with Gasteiger partial charge in [0.2, 0.25) is 5.75 Å². The number of nitrogens with zero attached hydrogens (tertiary/aromatic N) is 3. The molecule has 3 aromatic rings. The average Bonchev–Trinajstić information content (AvgIpc) is 3.13. The summed E-state index contributed by atoms with van der Waals surface area (Å²) in [5, 5.41) is 22.5. The van der Waals surface area contributed by atoms with Gasteiger partial charge in [-0.05, 0) is 64.6 Å². The number of carbonyl (C=O) groups is 1. The number of non-ortho nitro benzene ring substituents is 1. The molecule has 1 saturated heterocycles. The standard InChI is InChI=1S/C23H14IN3O7S2/c1-33-19-10-13(11-20-22(28)25(23(35)36-20)14-5-3-2-4-6-14)9-16(24)21(19)34-18-8-7-15(26(29)30)12-17(18)27(31)32/h2-12H,1H3/b20-11-. The summed E-state index contributed by atoms with van der Waals surface area (Å²) in [6.45, 7) is 0. The second kappa shape index (κ2) is 10.6. The Kier molecular flexibility index (Phi) is 7.51. The Balaban J connectivity index is 1.67. The largest absolute Gasteiger partial charge is 0.493 e. The number of thioether (sulfide) groups is 1. The molecule has 4 rings (SSSR count). The number of rotatable bonds is 7. The topological polar surface area (TPSA) is 125 Å². The minimum absolute atomic E-state index is 0.182. The highest BCUT2D eigenvalue weighted by Gasteiger charge is 2.33. The van der Waals surface area contributed by atoms with Crippen molar-refractivity contribution < 1.29 is 24.1 Å². The molecule has 3 aromatic carbocycles. The first-order valence-electron chi connectivity index (χ1n) is 10.0. The minimum Gasteiger partial charge on any atom is -0.493 e. The van der Waals surface area contributed by atoms with Gasteiger partial charge in [-0.2, -0.15) is 0 Å². The Labute approximate surface area is 227 Å². The number of benzene rings is 3. The predicted molar refractivity (Wildman–Crippen MR) is 148 cm³/mol. The van der Waals surface area contributed by atoms with E-state index >= 15 is 0 Å². The molecule has 1 fully saturated rings. The van der Waals surface area contributed by atoms with Gasteiger partial charge in [-0.25, -0.2) is 0 Å². The maximum atomic E-state index is 13.0. The molecule has 0 N–H and O–H groups in total. The fraction of sp³-hybridized carbons (Fsp3) is 0.0435. The lowest BCUT2D eigenvalue weighted by atomic mass is 10.1. The molecule has 1 aliphatic heterocycles. The van der Waals surface area contributed by atoms with E-state index in [2.05, 4.69) is 0 Å². The number of nitro groups is 2. The van der Waals surface area contributed by atoms with Crippen molar-refractivity contribution in [3.05, 3.63) is 94.9 Å². The molecule has 0 atom stereocenters. The third-order valence-corrected chi connectivity index (χ3v) is 7.02. The lowest BCUT2D eigenvalue weighted by Crippen LogP contribution is -2.27. The van der Waals surface area contributed by atoms with E-state index in [1.165, 1.54) is 23.8 Å². The SMILES string of the molecule is COc1cc(/C=C2\SC(=S)N(c3ccccc3)C2=O)cc(I)c1Oc1ccc([N+](=O)[O-])cc1[N+](=O)[O-]. The van der Waals surface area contributed by atoms with Crippen LogP contribution in [0.15, 0.2) is 65.6 Å². The highest BCUT2D eigenvalue weighted by Crippen LogP contribution is 2.42. The van der Waals surface area contributed by atoms with E-state index < -0.39 is 21.2 Å². The maximum Gasteiger partial charge on any atom is 0.318 e. The second-order valence-electron chi connectivity index (χ2n) is 7.16. The molecule has 0 saturated carbocycles. The molecular formula is C23H14IN3O7S2. The van der Waals surface area contributed by atoms with E-state index in [9.17, 15) is 25.0 Å². The number of hydrogen-bond acceptors (Lipinski definition) is 9. The third kappa shape index (κ3) is 5.17. The van der Waals surface area contributed by atoms with Crippen LogP contribution in [0.25, 0.3) is 6.08 Å². The molecule has 182 valence electrons.